The molecule has 0 aliphatic rings. The van der Waals surface area contributed by atoms with Crippen molar-refractivity contribution in [2.45, 2.75) is 6.92 Å². The fourth-order valence-corrected chi connectivity index (χ4v) is 1.95. The van der Waals surface area contributed by atoms with Crippen molar-refractivity contribution < 1.29 is 9.53 Å². The van der Waals surface area contributed by atoms with Crippen LogP contribution in [0, 0.1) is 0 Å². The fraction of sp³-hybridized carbons (Fsp3) is 0.364. The first kappa shape index (κ1) is 13.4. The highest BCUT2D eigenvalue weighted by Gasteiger charge is 2.15. The van der Waals surface area contributed by atoms with Crippen molar-refractivity contribution in [3.63, 3.8) is 0 Å². The van der Waals surface area contributed by atoms with Crippen LogP contribution in [0.15, 0.2) is 24.3 Å². The molecule has 5 heteroatoms. The average molecular weight is 260 g/mol. The molecule has 3 nitrogen and oxygen atoms in total. The standard InChI is InChI=1S/C11H14ClNO2S/c1-3-16-11(14)13(8-15-2)10-6-4-5-9(12)7-10/h4-7H,3,8H2,1-2H3. The van der Waals surface area contributed by atoms with E-state index in [0.29, 0.717) is 5.02 Å². The lowest BCUT2D eigenvalue weighted by Gasteiger charge is -2.21. The number of hydrogen-bond donors (Lipinski definition) is 0. The monoisotopic (exact) mass is 259 g/mol. The molecule has 88 valence electrons. The van der Waals surface area contributed by atoms with Crippen LogP contribution in [0.4, 0.5) is 10.5 Å². The Morgan fingerprint density at radius 1 is 1.56 bits per heavy atom. The molecule has 0 spiro atoms. The number of carbonyl (C=O) groups excluding carboxylic acids is 1. The van der Waals surface area contributed by atoms with Crippen molar-refractivity contribution in [1.82, 2.24) is 0 Å². The second-order valence-electron chi connectivity index (χ2n) is 3.02. The van der Waals surface area contributed by atoms with Gasteiger partial charge in [-0.2, -0.15) is 0 Å². The number of ether oxygens (including phenoxy) is 1. The van der Waals surface area contributed by atoms with Crippen LogP contribution in [-0.4, -0.2) is 24.8 Å². The van der Waals surface area contributed by atoms with E-state index in [4.69, 9.17) is 16.3 Å². The molecule has 1 aromatic rings. The molecule has 0 fully saturated rings. The summed E-state index contributed by atoms with van der Waals surface area (Å²) in [5, 5.41) is 0.569. The van der Waals surface area contributed by atoms with E-state index < -0.39 is 0 Å². The topological polar surface area (TPSA) is 29.5 Å². The lowest BCUT2D eigenvalue weighted by molar-refractivity contribution is 0.198. The molecule has 0 aromatic heterocycles. The number of methoxy groups -OCH3 is 1. The first-order valence-corrected chi connectivity index (χ1v) is 6.24. The van der Waals surface area contributed by atoms with Gasteiger partial charge >= 0.3 is 0 Å². The van der Waals surface area contributed by atoms with Crippen molar-refractivity contribution >= 4 is 34.3 Å². The molecule has 0 aliphatic heterocycles. The molecule has 0 radical (unpaired) electrons. The maximum Gasteiger partial charge on any atom is 0.287 e. The van der Waals surface area contributed by atoms with Crippen molar-refractivity contribution in [2.24, 2.45) is 0 Å². The summed E-state index contributed by atoms with van der Waals surface area (Å²) in [5.41, 5.74) is 0.750. The highest BCUT2D eigenvalue weighted by molar-refractivity contribution is 8.13. The number of benzene rings is 1. The van der Waals surface area contributed by atoms with Crippen LogP contribution in [-0.2, 0) is 4.74 Å². The Labute approximate surface area is 105 Å². The summed E-state index contributed by atoms with van der Waals surface area (Å²) < 4.78 is 5.01. The molecule has 0 saturated carbocycles. The molecule has 1 rings (SSSR count). The van der Waals surface area contributed by atoms with Gasteiger partial charge < -0.3 is 4.74 Å². The van der Waals surface area contributed by atoms with Gasteiger partial charge in [0.25, 0.3) is 5.24 Å². The van der Waals surface area contributed by atoms with E-state index >= 15 is 0 Å². The average Bonchev–Trinajstić information content (AvgIpc) is 2.26. The summed E-state index contributed by atoms with van der Waals surface area (Å²) in [6.07, 6.45) is 0. The third-order valence-corrected chi connectivity index (χ3v) is 2.86. The first-order chi connectivity index (χ1) is 7.69. The Bertz CT molecular complexity index is 360. The highest BCUT2D eigenvalue weighted by Crippen LogP contribution is 2.22. The van der Waals surface area contributed by atoms with Crippen molar-refractivity contribution in [1.29, 1.82) is 0 Å². The molecule has 1 aromatic carbocycles. The molecule has 16 heavy (non-hydrogen) atoms. The smallest absolute Gasteiger partial charge is 0.287 e. The minimum absolute atomic E-state index is 0.0355. The lowest BCUT2D eigenvalue weighted by atomic mass is 10.3. The molecule has 0 heterocycles. The minimum atomic E-state index is -0.0355. The van der Waals surface area contributed by atoms with Crippen LogP contribution in [0.1, 0.15) is 6.92 Å². The van der Waals surface area contributed by atoms with E-state index in [1.165, 1.54) is 11.8 Å². The van der Waals surface area contributed by atoms with Crippen LogP contribution >= 0.6 is 23.4 Å². The molecule has 1 amide bonds. The predicted molar refractivity (Wildman–Crippen MR) is 69.3 cm³/mol. The van der Waals surface area contributed by atoms with Gasteiger partial charge in [0.15, 0.2) is 0 Å². The number of halogens is 1. The zero-order chi connectivity index (χ0) is 12.0. The quantitative estimate of drug-likeness (QED) is 0.774. The van der Waals surface area contributed by atoms with Crippen molar-refractivity contribution in [3.8, 4) is 0 Å². The van der Waals surface area contributed by atoms with Crippen LogP contribution in [0.2, 0.25) is 5.02 Å². The zero-order valence-corrected chi connectivity index (χ0v) is 10.8. The van der Waals surface area contributed by atoms with E-state index in [0.717, 1.165) is 11.4 Å². The van der Waals surface area contributed by atoms with Gasteiger partial charge in [-0.15, -0.1) is 0 Å². The fourth-order valence-electron chi connectivity index (χ4n) is 1.21. The number of amides is 1. The number of thioether (sulfide) groups is 1. The predicted octanol–water partition coefficient (Wildman–Crippen LogP) is 3.62. The maximum absolute atomic E-state index is 11.8. The van der Waals surface area contributed by atoms with Crippen LogP contribution in [0.25, 0.3) is 0 Å². The molecule has 0 atom stereocenters. The molecule has 0 bridgehead atoms. The summed E-state index contributed by atoms with van der Waals surface area (Å²) in [5.74, 6) is 0.736. The third kappa shape index (κ3) is 3.70. The minimum Gasteiger partial charge on any atom is -0.364 e. The van der Waals surface area contributed by atoms with Gasteiger partial charge in [-0.1, -0.05) is 36.4 Å². The second kappa shape index (κ2) is 6.78. The van der Waals surface area contributed by atoms with Crippen LogP contribution < -0.4 is 4.90 Å². The molecular weight excluding hydrogens is 246 g/mol. The van der Waals surface area contributed by atoms with Gasteiger partial charge in [-0.3, -0.25) is 9.69 Å². The molecule has 0 aliphatic carbocycles. The van der Waals surface area contributed by atoms with E-state index in [-0.39, 0.29) is 12.0 Å². The molecule has 0 saturated heterocycles. The van der Waals surface area contributed by atoms with Gasteiger partial charge in [0.2, 0.25) is 0 Å². The molecular formula is C11H14ClNO2S. The first-order valence-electron chi connectivity index (χ1n) is 4.87. The zero-order valence-electron chi connectivity index (χ0n) is 9.27. The number of carbonyl (C=O) groups is 1. The van der Waals surface area contributed by atoms with E-state index in [9.17, 15) is 4.79 Å². The van der Waals surface area contributed by atoms with Crippen LogP contribution in [0.5, 0.6) is 0 Å². The maximum atomic E-state index is 11.8. The highest BCUT2D eigenvalue weighted by atomic mass is 35.5. The lowest BCUT2D eigenvalue weighted by Crippen LogP contribution is -2.29. The molecule has 0 unspecified atom stereocenters. The van der Waals surface area contributed by atoms with Crippen molar-refractivity contribution in [3.05, 3.63) is 29.3 Å². The van der Waals surface area contributed by atoms with Crippen LogP contribution in [0.3, 0.4) is 0 Å². The summed E-state index contributed by atoms with van der Waals surface area (Å²) in [4.78, 5) is 13.4. The Kier molecular flexibility index (Phi) is 5.66. The largest absolute Gasteiger partial charge is 0.364 e. The normalized spacial score (nSPS) is 10.2. The van der Waals surface area contributed by atoms with E-state index in [2.05, 4.69) is 0 Å². The van der Waals surface area contributed by atoms with Gasteiger partial charge in [0, 0.05) is 17.8 Å². The summed E-state index contributed by atoms with van der Waals surface area (Å²) >= 11 is 7.13. The van der Waals surface area contributed by atoms with Crippen molar-refractivity contribution in [2.75, 3.05) is 24.5 Å². The van der Waals surface area contributed by atoms with Gasteiger partial charge in [0.05, 0.1) is 0 Å². The van der Waals surface area contributed by atoms with E-state index in [1.54, 1.807) is 24.1 Å². The SMILES string of the molecule is CCSC(=O)N(COC)c1cccc(Cl)c1. The molecule has 0 N–H and O–H groups in total. The van der Waals surface area contributed by atoms with Gasteiger partial charge in [-0.25, -0.2) is 0 Å². The van der Waals surface area contributed by atoms with E-state index in [1.807, 2.05) is 19.1 Å². The Balaban J connectivity index is 2.88. The number of rotatable bonds is 4. The number of anilines is 1. The summed E-state index contributed by atoms with van der Waals surface area (Å²) in [6.45, 7) is 2.16. The van der Waals surface area contributed by atoms with Gasteiger partial charge in [0.1, 0.15) is 6.73 Å². The number of hydrogen-bond acceptors (Lipinski definition) is 3. The second-order valence-corrected chi connectivity index (χ2v) is 4.68. The Morgan fingerprint density at radius 3 is 2.88 bits per heavy atom. The Morgan fingerprint density at radius 2 is 2.31 bits per heavy atom. The number of nitrogens with zero attached hydrogens (tertiary/aromatic N) is 1. The Hall–Kier alpha value is -0.710. The summed E-state index contributed by atoms with van der Waals surface area (Å²) in [6, 6.07) is 7.16. The van der Waals surface area contributed by atoms with Gasteiger partial charge in [-0.05, 0) is 24.0 Å². The summed E-state index contributed by atoms with van der Waals surface area (Å²) in [7, 11) is 1.56. The third-order valence-electron chi connectivity index (χ3n) is 1.87.